The van der Waals surface area contributed by atoms with Crippen molar-refractivity contribution in [2.24, 2.45) is 10.9 Å². The van der Waals surface area contributed by atoms with Gasteiger partial charge in [0.1, 0.15) is 18.8 Å². The van der Waals surface area contributed by atoms with Crippen molar-refractivity contribution in [3.8, 4) is 12.8 Å². The number of likely N-dealkylation sites (tertiary alicyclic amines) is 1. The van der Waals surface area contributed by atoms with Crippen LogP contribution in [0.4, 0.5) is 4.79 Å². The van der Waals surface area contributed by atoms with Crippen molar-refractivity contribution in [3.05, 3.63) is 72.9 Å². The molecule has 0 unspecified atom stereocenters. The topological polar surface area (TPSA) is 77.4 Å². The maximum atomic E-state index is 13.4. The summed E-state index contributed by atoms with van der Waals surface area (Å²) < 4.78 is 17.1. The number of carbonyl (C=O) groups excluding carboxylic acids is 2. The first-order valence-corrected chi connectivity index (χ1v) is 12.4. The fourth-order valence-electron chi connectivity index (χ4n) is 4.22. The van der Waals surface area contributed by atoms with E-state index in [0.29, 0.717) is 31.0 Å². The van der Waals surface area contributed by atoms with Crippen LogP contribution in [-0.2, 0) is 25.6 Å². The summed E-state index contributed by atoms with van der Waals surface area (Å²) in [5.41, 5.74) is -0.110. The van der Waals surface area contributed by atoms with E-state index >= 15 is 0 Å². The molecule has 0 aromatic heterocycles. The Morgan fingerprint density at radius 3 is 2.41 bits per heavy atom. The van der Waals surface area contributed by atoms with Crippen molar-refractivity contribution in [2.75, 3.05) is 19.7 Å². The number of hydrogen-bond donors (Lipinski definition) is 0. The molecule has 7 heteroatoms. The molecule has 0 bridgehead atoms. The molecule has 1 aromatic rings. The zero-order valence-corrected chi connectivity index (χ0v) is 22.2. The molecule has 2 aliphatic rings. The number of aliphatic imine (C=N–C) groups is 1. The predicted octanol–water partition coefficient (Wildman–Crippen LogP) is 5.48. The lowest BCUT2D eigenvalue weighted by Crippen LogP contribution is -2.46. The maximum absolute atomic E-state index is 13.4. The summed E-state index contributed by atoms with van der Waals surface area (Å²) in [7, 11) is 0. The lowest BCUT2D eigenvalue weighted by molar-refractivity contribution is -0.153. The van der Waals surface area contributed by atoms with Gasteiger partial charge in [0.2, 0.25) is 5.90 Å². The number of carbonyl (C=O) groups is 2. The fraction of sp³-hybridized carbons (Fsp3) is 0.433. The van der Waals surface area contributed by atoms with E-state index in [4.69, 9.17) is 19.2 Å². The SMILES string of the molecule is C#C.C=C/C=C(\C=C)C1=N[C@@](CC2CCN(C(=O)OC(C)(C)C)CC2)(C(=O)OCc2ccccc2)CO1. The van der Waals surface area contributed by atoms with Crippen LogP contribution in [0, 0.1) is 18.8 Å². The van der Waals surface area contributed by atoms with Crippen LogP contribution in [0.3, 0.4) is 0 Å². The second kappa shape index (κ2) is 13.5. The molecular weight excluding hydrogens is 468 g/mol. The number of hydrogen-bond acceptors (Lipinski definition) is 6. The average Bonchev–Trinajstić information content (AvgIpc) is 3.32. The number of nitrogens with zero attached hydrogens (tertiary/aromatic N) is 2. The Morgan fingerprint density at radius 2 is 1.84 bits per heavy atom. The number of allylic oxidation sites excluding steroid dienone is 2. The number of benzene rings is 1. The molecule has 0 spiro atoms. The number of ether oxygens (including phenoxy) is 3. The molecule has 1 atom stereocenters. The summed E-state index contributed by atoms with van der Waals surface area (Å²) in [6.07, 6.45) is 14.7. The number of terminal acetylenes is 1. The molecular formula is C30H38N2O5. The lowest BCUT2D eigenvalue weighted by Gasteiger charge is -2.35. The summed E-state index contributed by atoms with van der Waals surface area (Å²) >= 11 is 0. The van der Waals surface area contributed by atoms with Crippen LogP contribution in [0.2, 0.25) is 0 Å². The van der Waals surface area contributed by atoms with Gasteiger partial charge in [-0.1, -0.05) is 61.7 Å². The highest BCUT2D eigenvalue weighted by atomic mass is 16.6. The second-order valence-electron chi connectivity index (χ2n) is 9.98. The van der Waals surface area contributed by atoms with E-state index in [0.717, 1.165) is 18.4 Å². The van der Waals surface area contributed by atoms with Crippen molar-refractivity contribution in [1.29, 1.82) is 0 Å². The molecule has 1 saturated heterocycles. The Balaban J connectivity index is 0.00000235. The largest absolute Gasteiger partial charge is 0.474 e. The zero-order valence-electron chi connectivity index (χ0n) is 22.2. The van der Waals surface area contributed by atoms with E-state index in [9.17, 15) is 9.59 Å². The molecule has 37 heavy (non-hydrogen) atoms. The summed E-state index contributed by atoms with van der Waals surface area (Å²) in [5, 5.41) is 0. The normalized spacial score (nSPS) is 20.0. The highest BCUT2D eigenvalue weighted by Gasteiger charge is 2.48. The third-order valence-corrected chi connectivity index (χ3v) is 6.01. The van der Waals surface area contributed by atoms with Gasteiger partial charge in [-0.2, -0.15) is 0 Å². The molecule has 2 aliphatic heterocycles. The van der Waals surface area contributed by atoms with Crippen molar-refractivity contribution in [1.82, 2.24) is 4.90 Å². The minimum Gasteiger partial charge on any atom is -0.474 e. The van der Waals surface area contributed by atoms with Crippen LogP contribution >= 0.6 is 0 Å². The monoisotopic (exact) mass is 506 g/mol. The standard InChI is InChI=1S/C28H36N2O5.C2H2/c1-6-11-23(7-2)24-29-28(20-34-24,25(31)33-19-22-12-9-8-10-13-22)18-21-14-16-30(17-15-21)26(32)35-27(3,4)5;1-2/h6-13,21H,1-2,14-20H2,3-5H3;1-2H/b23-11+;/t28-;/m1./s1. The van der Waals surface area contributed by atoms with E-state index in [-0.39, 0.29) is 25.2 Å². The predicted molar refractivity (Wildman–Crippen MR) is 146 cm³/mol. The van der Waals surface area contributed by atoms with Crippen molar-refractivity contribution in [2.45, 2.75) is 57.8 Å². The fourth-order valence-corrected chi connectivity index (χ4v) is 4.22. The van der Waals surface area contributed by atoms with Crippen LogP contribution in [-0.4, -0.2) is 53.7 Å². The zero-order chi connectivity index (χ0) is 27.5. The Labute approximate surface area is 220 Å². The molecule has 1 aromatic carbocycles. The molecule has 0 saturated carbocycles. The van der Waals surface area contributed by atoms with Gasteiger partial charge in [0.25, 0.3) is 0 Å². The van der Waals surface area contributed by atoms with E-state index in [1.807, 2.05) is 51.1 Å². The highest BCUT2D eigenvalue weighted by Crippen LogP contribution is 2.35. The first-order valence-electron chi connectivity index (χ1n) is 12.4. The van der Waals surface area contributed by atoms with Gasteiger partial charge in [0.05, 0.1) is 0 Å². The Kier molecular flexibility index (Phi) is 10.7. The number of amides is 1. The second-order valence-corrected chi connectivity index (χ2v) is 9.98. The highest BCUT2D eigenvalue weighted by molar-refractivity contribution is 6.00. The van der Waals surface area contributed by atoms with Crippen molar-refractivity contribution in [3.63, 3.8) is 0 Å². The molecule has 0 radical (unpaired) electrons. The molecule has 0 aliphatic carbocycles. The summed E-state index contributed by atoms with van der Waals surface area (Å²) in [6, 6.07) is 9.55. The van der Waals surface area contributed by atoms with Crippen LogP contribution in [0.25, 0.3) is 0 Å². The molecule has 198 valence electrons. The number of piperidine rings is 1. The van der Waals surface area contributed by atoms with Crippen molar-refractivity contribution >= 4 is 18.0 Å². The Bertz CT molecular complexity index is 1030. The average molecular weight is 507 g/mol. The first-order chi connectivity index (χ1) is 17.7. The Morgan fingerprint density at radius 1 is 1.19 bits per heavy atom. The van der Waals surface area contributed by atoms with E-state index in [1.54, 1.807) is 23.1 Å². The third kappa shape index (κ3) is 8.38. The molecule has 3 rings (SSSR count). The van der Waals surface area contributed by atoms with Gasteiger partial charge in [-0.3, -0.25) is 0 Å². The molecule has 1 amide bonds. The van der Waals surface area contributed by atoms with Gasteiger partial charge in [-0.15, -0.1) is 12.8 Å². The molecule has 2 heterocycles. The molecule has 7 nitrogen and oxygen atoms in total. The minimum absolute atomic E-state index is 0.102. The lowest BCUT2D eigenvalue weighted by atomic mass is 9.83. The van der Waals surface area contributed by atoms with Gasteiger partial charge >= 0.3 is 12.1 Å². The summed E-state index contributed by atoms with van der Waals surface area (Å²) in [5.74, 6) is 0.135. The summed E-state index contributed by atoms with van der Waals surface area (Å²) in [6.45, 7) is 14.5. The van der Waals surface area contributed by atoms with E-state index < -0.39 is 17.1 Å². The molecule has 0 N–H and O–H groups in total. The maximum Gasteiger partial charge on any atom is 0.410 e. The van der Waals surface area contributed by atoms with Crippen LogP contribution in [0.15, 0.2) is 72.3 Å². The van der Waals surface area contributed by atoms with Gasteiger partial charge in [-0.05, 0) is 51.5 Å². The van der Waals surface area contributed by atoms with Crippen LogP contribution in [0.1, 0.15) is 45.6 Å². The van der Waals surface area contributed by atoms with E-state index in [2.05, 4.69) is 26.0 Å². The van der Waals surface area contributed by atoms with Gasteiger partial charge in [0, 0.05) is 18.7 Å². The molecule has 1 fully saturated rings. The third-order valence-electron chi connectivity index (χ3n) is 6.01. The van der Waals surface area contributed by atoms with Gasteiger partial charge in [0.15, 0.2) is 5.54 Å². The van der Waals surface area contributed by atoms with Gasteiger partial charge in [-0.25, -0.2) is 14.6 Å². The van der Waals surface area contributed by atoms with Crippen molar-refractivity contribution < 1.29 is 23.8 Å². The van der Waals surface area contributed by atoms with Crippen LogP contribution in [0.5, 0.6) is 0 Å². The van der Waals surface area contributed by atoms with Crippen LogP contribution < -0.4 is 0 Å². The number of rotatable bonds is 8. The number of esters is 1. The first kappa shape index (κ1) is 29.4. The minimum atomic E-state index is -1.15. The quantitative estimate of drug-likeness (QED) is 0.265. The Hall–Kier alpha value is -3.79. The summed E-state index contributed by atoms with van der Waals surface area (Å²) in [4.78, 5) is 32.3. The van der Waals surface area contributed by atoms with E-state index in [1.165, 1.54) is 0 Å². The smallest absolute Gasteiger partial charge is 0.410 e. The van der Waals surface area contributed by atoms with Gasteiger partial charge < -0.3 is 19.1 Å².